The van der Waals surface area contributed by atoms with Crippen molar-refractivity contribution in [1.29, 1.82) is 0 Å². The summed E-state index contributed by atoms with van der Waals surface area (Å²) in [5.41, 5.74) is 1.42. The van der Waals surface area contributed by atoms with Crippen LogP contribution < -0.4 is 48.0 Å². The first kappa shape index (κ1) is 74.8. The molecule has 0 saturated carbocycles. The van der Waals surface area contributed by atoms with Gasteiger partial charge in [-0.05, 0) is 71.4 Å². The molecule has 0 spiro atoms. The summed E-state index contributed by atoms with van der Waals surface area (Å²) in [4.78, 5) is 49.3. The van der Waals surface area contributed by atoms with Crippen molar-refractivity contribution in [2.24, 2.45) is 0 Å². The Hall–Kier alpha value is -4.41. The number of alkyl halides is 9. The second-order valence-corrected chi connectivity index (χ2v) is 32.1. The number of carbonyl (C=O) groups is 3. The third kappa shape index (κ3) is 22.0. The zero-order valence-corrected chi connectivity index (χ0v) is 57.9. The fourth-order valence-electron chi connectivity index (χ4n) is 5.85. The summed E-state index contributed by atoms with van der Waals surface area (Å²) in [7, 11) is 3.67. The van der Waals surface area contributed by atoms with Crippen molar-refractivity contribution in [3.8, 4) is 17.5 Å². The number of hydrogen-bond acceptors (Lipinski definition) is 21. The second-order valence-electron chi connectivity index (χ2n) is 14.6. The maximum absolute atomic E-state index is 12.5. The van der Waals surface area contributed by atoms with Crippen LogP contribution >= 0.6 is 109 Å². The Morgan fingerprint density at radius 1 is 0.553 bits per heavy atom. The van der Waals surface area contributed by atoms with E-state index < -0.39 is 53.9 Å². The molecule has 9 aromatic heterocycles. The summed E-state index contributed by atoms with van der Waals surface area (Å²) in [6.07, 6.45) is -8.76. The van der Waals surface area contributed by atoms with E-state index in [9.17, 15) is 53.9 Å². The quantitative estimate of drug-likeness (QED) is 0.0590. The number of pyridine rings is 3. The average Bonchev–Trinajstić information content (AvgIpc) is 4.54. The van der Waals surface area contributed by atoms with Crippen molar-refractivity contribution in [2.45, 2.75) is 45.0 Å². The number of rotatable bonds is 11. The van der Waals surface area contributed by atoms with Gasteiger partial charge in [-0.3, -0.25) is 10.4 Å². The van der Waals surface area contributed by atoms with Crippen LogP contribution in [0.5, 0.6) is 0 Å². The number of carbonyl (C=O) groups excluding carboxylic acids is 3. The Kier molecular flexibility index (Phi) is 31.3. The number of aryl methyl sites for hydroxylation is 1. The fourth-order valence-corrected chi connectivity index (χ4v) is 6.45. The number of esters is 3. The van der Waals surface area contributed by atoms with Gasteiger partial charge >= 0.3 is 116 Å². The molecule has 9 aromatic rings. The molecule has 9 rings (SSSR count). The van der Waals surface area contributed by atoms with Crippen molar-refractivity contribution in [3.05, 3.63) is 140 Å². The molecule has 0 unspecified atom stereocenters. The number of methoxy groups -OCH3 is 3. The van der Waals surface area contributed by atoms with Gasteiger partial charge in [-0.1, -0.05) is 41.7 Å². The van der Waals surface area contributed by atoms with Gasteiger partial charge in [0.25, 0.3) is 11.6 Å². The van der Waals surface area contributed by atoms with Gasteiger partial charge in [0.1, 0.15) is 18.9 Å². The maximum atomic E-state index is 12.5. The van der Waals surface area contributed by atoms with E-state index in [2.05, 4.69) is 166 Å². The molecule has 452 valence electrons. The van der Waals surface area contributed by atoms with E-state index in [0.29, 0.717) is 45.8 Å². The van der Waals surface area contributed by atoms with Gasteiger partial charge in [-0.15, -0.1) is 20.4 Å². The van der Waals surface area contributed by atoms with Crippen molar-refractivity contribution in [1.82, 2.24) is 105 Å². The van der Waals surface area contributed by atoms with E-state index in [-0.39, 0.29) is 87.1 Å². The van der Waals surface area contributed by atoms with Crippen LogP contribution in [-0.4, -0.2) is 139 Å². The first-order chi connectivity index (χ1) is 39.8. The summed E-state index contributed by atoms with van der Waals surface area (Å²) in [5.74, 6) is -5.26. The smallest absolute Gasteiger partial charge is 1.00 e. The molecule has 0 saturated heterocycles. The standard InChI is InChI=1S/2C13H9ClF3N7O2.C12H12ClN3O2.C2F3N4.I3.I2.Na/c2*1-26-11(25)9-5-7(6-23-21-12(19-22-23)13(15,16)17)20-24(9)10-8(14)3-2-4-18-10;1-3-8-7-10(12(17)18-2)16(15-8)11-9(13)5-4-6-14-11;3-2(4,5)1-6-8-9-7-1;1-3-2;1-2;/h2*2-5H,6H2,1H3;4-7H,3H2,1-2H3;;;;/q;;;2*-1;;+1. The Balaban J connectivity index is 0.000000302. The van der Waals surface area contributed by atoms with Crippen LogP contribution in [0.3, 0.4) is 0 Å². The predicted molar refractivity (Wildman–Crippen MR) is 301 cm³/mol. The minimum atomic E-state index is -4.71. The molecule has 0 fully saturated rings. The summed E-state index contributed by atoms with van der Waals surface area (Å²) in [6, 6.07) is 14.0. The van der Waals surface area contributed by atoms with Crippen molar-refractivity contribution in [3.63, 3.8) is 0 Å². The van der Waals surface area contributed by atoms with E-state index in [1.807, 2.05) is 6.92 Å². The van der Waals surface area contributed by atoms with E-state index >= 15 is 0 Å². The van der Waals surface area contributed by atoms with Gasteiger partial charge in [-0.2, -0.15) is 64.4 Å². The Morgan fingerprint density at radius 3 is 1.12 bits per heavy atom. The Bertz CT molecular complexity index is 3430. The molecule has 0 amide bonds. The molecule has 45 heteroatoms. The minimum Gasteiger partial charge on any atom is 1.00 e. The van der Waals surface area contributed by atoms with Crippen molar-refractivity contribution in [2.75, 3.05) is 21.3 Å². The van der Waals surface area contributed by atoms with E-state index in [0.717, 1.165) is 15.1 Å². The van der Waals surface area contributed by atoms with E-state index in [1.54, 1.807) is 48.7 Å². The second kappa shape index (κ2) is 35.6. The van der Waals surface area contributed by atoms with Gasteiger partial charge in [0.2, 0.25) is 0 Å². The van der Waals surface area contributed by atoms with E-state index in [1.165, 1.54) is 50.5 Å². The molecule has 0 aliphatic heterocycles. The third-order valence-electron chi connectivity index (χ3n) is 9.24. The Morgan fingerprint density at radius 2 is 0.871 bits per heavy atom. The van der Waals surface area contributed by atoms with Gasteiger partial charge in [0.05, 0.1) is 53.5 Å². The van der Waals surface area contributed by atoms with E-state index in [4.69, 9.17) is 39.5 Å². The monoisotopic (exact) mass is 1830 g/mol. The van der Waals surface area contributed by atoms with Crippen LogP contribution in [0.15, 0.2) is 73.2 Å². The van der Waals surface area contributed by atoms with Crippen LogP contribution in [-0.2, 0) is 52.2 Å². The first-order valence-corrected chi connectivity index (χ1v) is 41.6. The number of tetrazole rings is 3. The number of aromatic nitrogens is 21. The number of hydrogen-bond donors (Lipinski definition) is 0. The van der Waals surface area contributed by atoms with Gasteiger partial charge in [-0.25, -0.2) is 48.5 Å². The zero-order valence-electron chi connectivity index (χ0n) is 42.8. The predicted octanol–water partition coefficient (Wildman–Crippen LogP) is 3.19. The van der Waals surface area contributed by atoms with Crippen LogP contribution in [0.2, 0.25) is 15.1 Å². The number of nitrogens with zero attached hydrogens (tertiary/aromatic N) is 21. The molecule has 9 heterocycles. The molecule has 0 aromatic carbocycles. The molecule has 0 bridgehead atoms. The minimum absolute atomic E-state index is 0. The van der Waals surface area contributed by atoms with Crippen molar-refractivity contribution >= 4 is 127 Å². The third-order valence-corrected chi connectivity index (χ3v) is 10.1. The normalized spacial score (nSPS) is 10.9. The molecule has 0 N–H and O–H groups in total. The SMILES string of the molecule is CCc1cc(C(=O)OC)n(-c2ncccc2Cl)n1.COC(=O)c1cc(Cn2nnc(C(F)(F)F)n2)nn1-c1ncccc1Cl.COC(=O)c1cc(Cn2nnc(C(F)(F)F)n2)nn1-c1ncccc1Cl.FC(F)(F)c1nn[n-]n1.II.I[I-]I.[Na+]. The van der Waals surface area contributed by atoms with Gasteiger partial charge < -0.3 is 19.3 Å². The molecule has 27 nitrogen and oxygen atoms in total. The number of ether oxygens (including phenoxy) is 3. The molecule has 85 heavy (non-hydrogen) atoms. The molecular weight excluding hydrogens is 1810 g/mol. The fraction of sp³-hybridized carbons (Fsp3) is 0.250. The van der Waals surface area contributed by atoms with Crippen LogP contribution in [0.25, 0.3) is 17.5 Å². The summed E-state index contributed by atoms with van der Waals surface area (Å²) < 4.78 is 127. The molecule has 0 aliphatic carbocycles. The Labute approximate surface area is 560 Å². The maximum Gasteiger partial charge on any atom is 1.00 e. The largest absolute Gasteiger partial charge is 1.00 e. The van der Waals surface area contributed by atoms with Crippen molar-refractivity contribution < 1.29 is 111 Å². The molecule has 0 radical (unpaired) electrons. The average molecular weight is 1840 g/mol. The number of halogens is 17. The zero-order chi connectivity index (χ0) is 62.5. The van der Waals surface area contributed by atoms with Crippen LogP contribution in [0.1, 0.15) is 72.9 Å². The molecular formula is C40H30Cl3F9I5N21NaO6-. The summed E-state index contributed by atoms with van der Waals surface area (Å²) >= 11 is 27.7. The van der Waals surface area contributed by atoms with Gasteiger partial charge in [0, 0.05) is 55.8 Å². The summed E-state index contributed by atoms with van der Waals surface area (Å²) in [6.45, 7) is 1.43. The molecule has 0 atom stereocenters. The molecule has 0 aliphatic rings. The van der Waals surface area contributed by atoms with Gasteiger partial charge in [0.15, 0.2) is 34.5 Å². The topological polar surface area (TPSA) is 311 Å². The summed E-state index contributed by atoms with van der Waals surface area (Å²) in [5, 5.41) is 42.9. The van der Waals surface area contributed by atoms with Crippen LogP contribution in [0.4, 0.5) is 39.5 Å². The van der Waals surface area contributed by atoms with Crippen LogP contribution in [0, 0.1) is 0 Å². The first-order valence-electron chi connectivity index (χ1n) is 21.6.